The Bertz CT molecular complexity index is 689. The van der Waals surface area contributed by atoms with E-state index in [-0.39, 0.29) is 11.6 Å². The third-order valence-electron chi connectivity index (χ3n) is 4.20. The van der Waals surface area contributed by atoms with Gasteiger partial charge >= 0.3 is 6.03 Å². The first-order valence-electron chi connectivity index (χ1n) is 7.84. The number of carbonyl (C=O) groups is 1. The Morgan fingerprint density at radius 2 is 2.30 bits per heavy atom. The van der Waals surface area contributed by atoms with E-state index in [0.29, 0.717) is 19.8 Å². The minimum Gasteiger partial charge on any atom is -0.383 e. The Labute approximate surface area is 135 Å². The van der Waals surface area contributed by atoms with E-state index in [4.69, 9.17) is 9.47 Å². The molecule has 1 aromatic carbocycles. The summed E-state index contributed by atoms with van der Waals surface area (Å²) in [5, 5.41) is 6.98. The van der Waals surface area contributed by atoms with Crippen LogP contribution in [-0.2, 0) is 16.0 Å². The smallest absolute Gasteiger partial charge is 0.319 e. The zero-order chi connectivity index (χ0) is 16.3. The van der Waals surface area contributed by atoms with Crippen LogP contribution in [0.15, 0.2) is 30.5 Å². The maximum absolute atomic E-state index is 12.2. The minimum absolute atomic E-state index is 0.198. The number of carbonyl (C=O) groups excluding carboxylic acids is 1. The highest BCUT2D eigenvalue weighted by atomic mass is 16.5. The molecule has 0 spiro atoms. The van der Waals surface area contributed by atoms with Crippen LogP contribution in [0, 0.1) is 0 Å². The van der Waals surface area contributed by atoms with E-state index in [1.54, 1.807) is 7.11 Å². The second-order valence-electron chi connectivity index (χ2n) is 6.22. The number of hydrogen-bond donors (Lipinski definition) is 2. The standard InChI is InChI=1S/C17H23N3O3/c1-17(6-9-23-12-17)19-16(21)18-14-3-4-15-13(11-14)5-7-20(15)8-10-22-2/h3-5,7,11H,6,8-10,12H2,1-2H3,(H2,18,19,21)/t17-/m1/s1. The van der Waals surface area contributed by atoms with Crippen LogP contribution in [0.1, 0.15) is 13.3 Å². The van der Waals surface area contributed by atoms with E-state index < -0.39 is 0 Å². The number of aromatic nitrogens is 1. The molecule has 6 heteroatoms. The molecule has 1 saturated heterocycles. The average molecular weight is 317 g/mol. The van der Waals surface area contributed by atoms with E-state index in [2.05, 4.69) is 15.2 Å². The summed E-state index contributed by atoms with van der Waals surface area (Å²) in [5.74, 6) is 0. The van der Waals surface area contributed by atoms with E-state index >= 15 is 0 Å². The Morgan fingerprint density at radius 1 is 1.43 bits per heavy atom. The highest BCUT2D eigenvalue weighted by Gasteiger charge is 2.31. The highest BCUT2D eigenvalue weighted by Crippen LogP contribution is 2.21. The fourth-order valence-corrected chi connectivity index (χ4v) is 2.86. The van der Waals surface area contributed by atoms with E-state index in [0.717, 1.165) is 29.6 Å². The molecular formula is C17H23N3O3. The number of benzene rings is 1. The number of amides is 2. The van der Waals surface area contributed by atoms with Crippen molar-refractivity contribution >= 4 is 22.6 Å². The summed E-state index contributed by atoms with van der Waals surface area (Å²) in [7, 11) is 1.70. The fourth-order valence-electron chi connectivity index (χ4n) is 2.86. The molecule has 0 bridgehead atoms. The molecule has 1 aliphatic rings. The van der Waals surface area contributed by atoms with Gasteiger partial charge in [0, 0.05) is 43.0 Å². The van der Waals surface area contributed by atoms with Gasteiger partial charge in [-0.05, 0) is 37.6 Å². The zero-order valence-corrected chi connectivity index (χ0v) is 13.6. The van der Waals surface area contributed by atoms with Crippen molar-refractivity contribution in [2.75, 3.05) is 32.2 Å². The number of rotatable bonds is 5. The summed E-state index contributed by atoms with van der Waals surface area (Å²) in [6.07, 6.45) is 2.87. The van der Waals surface area contributed by atoms with E-state index in [1.165, 1.54) is 0 Å². The molecule has 0 unspecified atom stereocenters. The van der Waals surface area contributed by atoms with Crippen molar-refractivity contribution in [2.24, 2.45) is 0 Å². The average Bonchev–Trinajstić information content (AvgIpc) is 3.11. The molecule has 2 N–H and O–H groups in total. The van der Waals surface area contributed by atoms with Gasteiger partial charge in [-0.2, -0.15) is 0 Å². The van der Waals surface area contributed by atoms with Gasteiger partial charge in [0.2, 0.25) is 0 Å². The van der Waals surface area contributed by atoms with Gasteiger partial charge in [0.05, 0.1) is 18.8 Å². The van der Waals surface area contributed by atoms with Crippen molar-refractivity contribution in [3.05, 3.63) is 30.5 Å². The number of urea groups is 1. The second kappa shape index (κ2) is 6.60. The van der Waals surface area contributed by atoms with Crippen molar-refractivity contribution in [1.29, 1.82) is 0 Å². The Hall–Kier alpha value is -2.05. The maximum Gasteiger partial charge on any atom is 0.319 e. The van der Waals surface area contributed by atoms with Crippen molar-refractivity contribution in [2.45, 2.75) is 25.4 Å². The Balaban J connectivity index is 1.67. The Kier molecular flexibility index (Phi) is 4.54. The molecule has 2 heterocycles. The number of methoxy groups -OCH3 is 1. The van der Waals surface area contributed by atoms with Gasteiger partial charge in [-0.3, -0.25) is 0 Å². The van der Waals surface area contributed by atoms with Gasteiger partial charge in [0.1, 0.15) is 0 Å². The predicted molar refractivity (Wildman–Crippen MR) is 89.8 cm³/mol. The third-order valence-corrected chi connectivity index (χ3v) is 4.20. The van der Waals surface area contributed by atoms with Gasteiger partial charge in [-0.15, -0.1) is 0 Å². The highest BCUT2D eigenvalue weighted by molar-refractivity contribution is 5.93. The normalized spacial score (nSPS) is 20.8. The van der Waals surface area contributed by atoms with Crippen molar-refractivity contribution in [3.63, 3.8) is 0 Å². The number of fused-ring (bicyclic) bond motifs is 1. The van der Waals surface area contributed by atoms with Crippen molar-refractivity contribution in [1.82, 2.24) is 9.88 Å². The fraction of sp³-hybridized carbons (Fsp3) is 0.471. The number of nitrogens with one attached hydrogen (secondary N) is 2. The zero-order valence-electron chi connectivity index (χ0n) is 13.6. The molecule has 23 heavy (non-hydrogen) atoms. The summed E-state index contributed by atoms with van der Waals surface area (Å²) in [6.45, 7) is 4.73. The summed E-state index contributed by atoms with van der Waals surface area (Å²) in [5.41, 5.74) is 1.63. The van der Waals surface area contributed by atoms with Crippen molar-refractivity contribution < 1.29 is 14.3 Å². The summed E-state index contributed by atoms with van der Waals surface area (Å²) >= 11 is 0. The Morgan fingerprint density at radius 3 is 3.04 bits per heavy atom. The molecule has 1 aliphatic heterocycles. The molecule has 1 fully saturated rings. The molecule has 1 aromatic heterocycles. The molecule has 0 saturated carbocycles. The summed E-state index contributed by atoms with van der Waals surface area (Å²) < 4.78 is 12.6. The van der Waals surface area contributed by atoms with Crippen molar-refractivity contribution in [3.8, 4) is 0 Å². The molecule has 0 aliphatic carbocycles. The van der Waals surface area contributed by atoms with Crippen LogP contribution >= 0.6 is 0 Å². The lowest BCUT2D eigenvalue weighted by Crippen LogP contribution is -2.48. The van der Waals surface area contributed by atoms with Crippen LogP contribution in [0.5, 0.6) is 0 Å². The number of ether oxygens (including phenoxy) is 2. The lowest BCUT2D eigenvalue weighted by molar-refractivity contribution is 0.172. The van der Waals surface area contributed by atoms with Gasteiger partial charge in [-0.25, -0.2) is 4.79 Å². The van der Waals surface area contributed by atoms with Gasteiger partial charge < -0.3 is 24.7 Å². The third kappa shape index (κ3) is 3.65. The van der Waals surface area contributed by atoms with E-state index in [1.807, 2.05) is 37.4 Å². The number of anilines is 1. The van der Waals surface area contributed by atoms with Crippen LogP contribution in [0.25, 0.3) is 10.9 Å². The minimum atomic E-state index is -0.280. The van der Waals surface area contributed by atoms with Crippen LogP contribution in [0.3, 0.4) is 0 Å². The largest absolute Gasteiger partial charge is 0.383 e. The van der Waals surface area contributed by atoms with Crippen LogP contribution < -0.4 is 10.6 Å². The molecule has 3 rings (SSSR count). The molecule has 0 radical (unpaired) electrons. The van der Waals surface area contributed by atoms with Crippen LogP contribution in [-0.4, -0.2) is 43.1 Å². The van der Waals surface area contributed by atoms with Crippen LogP contribution in [0.2, 0.25) is 0 Å². The molecular weight excluding hydrogens is 294 g/mol. The number of nitrogens with zero attached hydrogens (tertiary/aromatic N) is 1. The summed E-state index contributed by atoms with van der Waals surface area (Å²) in [6, 6.07) is 7.75. The lowest BCUT2D eigenvalue weighted by Gasteiger charge is -2.23. The molecule has 1 atom stereocenters. The van der Waals surface area contributed by atoms with Gasteiger partial charge in [-0.1, -0.05) is 0 Å². The molecule has 124 valence electrons. The van der Waals surface area contributed by atoms with Gasteiger partial charge in [0.15, 0.2) is 0 Å². The topological polar surface area (TPSA) is 64.5 Å². The molecule has 2 aromatic rings. The predicted octanol–water partition coefficient (Wildman–Crippen LogP) is 2.59. The SMILES string of the molecule is COCCn1ccc2cc(NC(=O)N[C@]3(C)CCOC3)ccc21. The lowest BCUT2D eigenvalue weighted by atomic mass is 10.0. The summed E-state index contributed by atoms with van der Waals surface area (Å²) in [4.78, 5) is 12.2. The van der Waals surface area contributed by atoms with Crippen LogP contribution in [0.4, 0.5) is 10.5 Å². The maximum atomic E-state index is 12.2. The molecule has 6 nitrogen and oxygen atoms in total. The monoisotopic (exact) mass is 317 g/mol. The number of hydrogen-bond acceptors (Lipinski definition) is 3. The second-order valence-corrected chi connectivity index (χ2v) is 6.22. The molecule has 2 amide bonds. The van der Waals surface area contributed by atoms with Gasteiger partial charge in [0.25, 0.3) is 0 Å². The van der Waals surface area contributed by atoms with E-state index in [9.17, 15) is 4.79 Å². The first-order chi connectivity index (χ1) is 11.1. The first kappa shape index (κ1) is 15.8. The quantitative estimate of drug-likeness (QED) is 0.891. The first-order valence-corrected chi connectivity index (χ1v) is 7.84.